The second-order valence-electron chi connectivity index (χ2n) is 25.0. The van der Waals surface area contributed by atoms with Gasteiger partial charge < -0.3 is 121 Å². The minimum Gasteiger partial charge on any atom is -0.481 e. The monoisotopic (exact) mass is 1580 g/mol. The van der Waals surface area contributed by atoms with E-state index in [0.29, 0.717) is 13.0 Å². The van der Waals surface area contributed by atoms with Gasteiger partial charge in [-0.1, -0.05) is 13.8 Å². The summed E-state index contributed by atoms with van der Waals surface area (Å²) in [6, 6.07) is -19.6. The molecule has 1 saturated heterocycles. The number of carbonyl (C=O) groups excluding carboxylic acids is 16. The molecule has 14 atom stereocenters. The van der Waals surface area contributed by atoms with Crippen molar-refractivity contribution in [3.05, 3.63) is 36.4 Å². The van der Waals surface area contributed by atoms with Crippen LogP contribution in [0.4, 0.5) is 0 Å². The number of aliphatic carboxylic acids is 3. The second-order valence-corrected chi connectivity index (χ2v) is 26.1. The number of imidazole rings is 2. The Morgan fingerprint density at radius 3 is 1.36 bits per heavy atom. The number of aliphatic hydroxyl groups excluding tert-OH is 1. The third-order valence-corrected chi connectivity index (χ3v) is 16.7. The maximum absolute atomic E-state index is 14.2. The van der Waals surface area contributed by atoms with Gasteiger partial charge in [-0.3, -0.25) is 86.3 Å². The maximum Gasteiger partial charge on any atom is 0.327 e. The zero-order valence-corrected chi connectivity index (χ0v) is 61.8. The summed E-state index contributed by atoms with van der Waals surface area (Å²) in [5, 5.41) is 76.2. The van der Waals surface area contributed by atoms with E-state index in [1.165, 1.54) is 32.0 Å². The number of aliphatic hydroxyl groups is 1. The van der Waals surface area contributed by atoms with Crippen molar-refractivity contribution in [1.29, 1.82) is 0 Å². The average Bonchev–Trinajstić information content (AvgIpc) is 1.39. The highest BCUT2D eigenvalue weighted by Gasteiger charge is 2.37. The van der Waals surface area contributed by atoms with Crippen molar-refractivity contribution in [1.82, 2.24) is 105 Å². The fourth-order valence-corrected chi connectivity index (χ4v) is 10.6. The van der Waals surface area contributed by atoms with Crippen LogP contribution in [0.15, 0.2) is 25.0 Å². The van der Waals surface area contributed by atoms with Gasteiger partial charge in [0.25, 0.3) is 0 Å². The molecule has 0 bridgehead atoms. The van der Waals surface area contributed by atoms with Gasteiger partial charge in [-0.15, -0.1) is 0 Å². The van der Waals surface area contributed by atoms with E-state index >= 15 is 0 Å². The van der Waals surface area contributed by atoms with Crippen molar-refractivity contribution < 1.29 is 112 Å². The van der Waals surface area contributed by atoms with Crippen LogP contribution in [0, 0.1) is 5.92 Å². The number of carbonyl (C=O) groups is 19. The number of carboxylic acids is 3. The molecule has 44 nitrogen and oxygen atoms in total. The average molecular weight is 1580 g/mol. The van der Waals surface area contributed by atoms with Crippen LogP contribution >= 0.6 is 37.9 Å². The normalized spacial score (nSPS) is 16.0. The molecule has 108 heavy (non-hydrogen) atoms. The molecule has 3 heterocycles. The highest BCUT2D eigenvalue weighted by Crippen LogP contribution is 2.11. The zero-order chi connectivity index (χ0) is 81.1. The molecule has 16 amide bonds. The van der Waals surface area contributed by atoms with Gasteiger partial charge in [0.1, 0.15) is 72.5 Å². The molecule has 0 spiro atoms. The summed E-state index contributed by atoms with van der Waals surface area (Å²) in [5.74, 6) is -22.4. The Hall–Kier alpha value is -10.7. The third-order valence-electron chi connectivity index (χ3n) is 15.6. The number of H-pyrrole nitrogens is 2. The summed E-state index contributed by atoms with van der Waals surface area (Å²) in [6.07, 6.45) is 0.565. The molecule has 2 aromatic heterocycles. The summed E-state index contributed by atoms with van der Waals surface area (Å²) in [6.45, 7) is 4.69. The third kappa shape index (κ3) is 33.0. The lowest BCUT2D eigenvalue weighted by Crippen LogP contribution is -2.61. The van der Waals surface area contributed by atoms with E-state index in [-0.39, 0.29) is 41.7 Å². The second kappa shape index (κ2) is 46.4. The van der Waals surface area contributed by atoms with Crippen molar-refractivity contribution in [2.45, 2.75) is 177 Å². The highest BCUT2D eigenvalue weighted by molar-refractivity contribution is 7.80. The molecule has 0 unspecified atom stereocenters. The van der Waals surface area contributed by atoms with Crippen molar-refractivity contribution >= 4 is 150 Å². The summed E-state index contributed by atoms with van der Waals surface area (Å²) in [7, 11) is 0. The van der Waals surface area contributed by atoms with Gasteiger partial charge in [0.05, 0.1) is 57.3 Å². The first-order valence-electron chi connectivity index (χ1n) is 33.4. The molecule has 0 aromatic carbocycles. The highest BCUT2D eigenvalue weighted by atomic mass is 32.1. The van der Waals surface area contributed by atoms with Crippen LogP contribution in [0.1, 0.15) is 91.0 Å². The first kappa shape index (κ1) is 91.5. The van der Waals surface area contributed by atoms with E-state index in [0.717, 1.165) is 20.3 Å². The lowest BCUT2D eigenvalue weighted by atomic mass is 10.0. The number of nitrogens with one attached hydrogen (secondary N) is 18. The molecule has 0 radical (unpaired) electrons. The maximum atomic E-state index is 14.2. The summed E-state index contributed by atoms with van der Waals surface area (Å²) < 4.78 is 0. The molecule has 2 aromatic rings. The number of primary amides is 1. The molecular formula is C61H93N21O23S3. The Kier molecular flexibility index (Phi) is 39.3. The first-order valence-corrected chi connectivity index (χ1v) is 35.3. The zero-order valence-electron chi connectivity index (χ0n) is 59.1. The van der Waals surface area contributed by atoms with Crippen LogP contribution in [0.5, 0.6) is 0 Å². The molecule has 598 valence electrons. The van der Waals surface area contributed by atoms with E-state index in [2.05, 4.69) is 143 Å². The van der Waals surface area contributed by atoms with Crippen LogP contribution in [-0.2, 0) is 104 Å². The topological polar surface area (TPSA) is 681 Å². The number of hydrogen-bond acceptors (Lipinski definition) is 26. The fourth-order valence-electron chi connectivity index (χ4n) is 9.84. The number of aromatic nitrogens is 4. The lowest BCUT2D eigenvalue weighted by molar-refractivity contribution is -0.142. The van der Waals surface area contributed by atoms with Crippen LogP contribution in [0.3, 0.4) is 0 Å². The number of carboxylic acid groups (broad SMARTS) is 3. The first-order chi connectivity index (χ1) is 50.9. The van der Waals surface area contributed by atoms with Crippen LogP contribution < -0.4 is 90.8 Å². The number of amides is 16. The number of nitrogens with zero attached hydrogens (tertiary/aromatic N) is 2. The standard InChI is InChI=1S/C61H93N21O23S3/c1-26(2)11-34(73-45(87)20-68-52(95)38(15-47(90)91)76-49(92)27(3)72-58(101)40(22-107)80-53(96)32-7-6-10-65-32)56(99)79-37(14-42(62)84)51(94)67-18-43(85)66-19-44(86)74-39(21-106)59(102)78-36(13-31-17-64-25-70-31)57(100)75-33(8-9-46(88)89)54(97)77-35(12-30-16-63-24-69-30)55(98)71-28(4)50(93)82-48(29(5)83)60(103)81-41(23-108)61(104)105/h16-17,24-29,32-41,48,65,83,106-108H,6-15,18-23H2,1-5H3,(H2,62,84)(H,63,69)(H,64,70)(H,66,85)(H,67,94)(H,68,95)(H,71,98)(H,72,101)(H,73,87)(H,74,86)(H,75,100)(H,76,92)(H,77,97)(H,78,102)(H,79,99)(H,80,96)(H,81,103)(H,82,93)(H,88,89)(H,90,91)(H,104,105)/t27-,28-,29+,32-,33-,34-,35-,36-,37-,38-,39-,40-,41-,48-/m0/s1. The largest absolute Gasteiger partial charge is 0.481 e. The van der Waals surface area contributed by atoms with E-state index < -0.39 is 255 Å². The van der Waals surface area contributed by atoms with Gasteiger partial charge >= 0.3 is 17.9 Å². The molecule has 1 fully saturated rings. The smallest absolute Gasteiger partial charge is 0.327 e. The number of hydrogen-bond donors (Lipinski definition) is 26. The summed E-state index contributed by atoms with van der Waals surface area (Å²) in [5.41, 5.74) is 5.84. The van der Waals surface area contributed by atoms with Gasteiger partial charge in [-0.25, -0.2) is 14.8 Å². The molecule has 3 rings (SSSR count). The minimum atomic E-state index is -1.81. The van der Waals surface area contributed by atoms with Gasteiger partial charge in [0.2, 0.25) is 94.5 Å². The van der Waals surface area contributed by atoms with Gasteiger partial charge in [-0.2, -0.15) is 37.9 Å². The van der Waals surface area contributed by atoms with E-state index in [9.17, 15) is 112 Å². The lowest BCUT2D eigenvalue weighted by Gasteiger charge is -2.27. The summed E-state index contributed by atoms with van der Waals surface area (Å²) in [4.78, 5) is 261. The molecule has 0 saturated carbocycles. The molecule has 1 aliphatic rings. The number of rotatable bonds is 48. The Morgan fingerprint density at radius 2 is 0.898 bits per heavy atom. The Morgan fingerprint density at radius 1 is 0.472 bits per heavy atom. The van der Waals surface area contributed by atoms with Gasteiger partial charge in [-0.05, 0) is 58.9 Å². The predicted octanol–water partition coefficient (Wildman–Crippen LogP) is -10.6. The van der Waals surface area contributed by atoms with E-state index in [1.807, 2.05) is 0 Å². The van der Waals surface area contributed by atoms with Gasteiger partial charge in [0.15, 0.2) is 0 Å². The quantitative estimate of drug-likeness (QED) is 0.0274. The van der Waals surface area contributed by atoms with E-state index in [4.69, 9.17) is 5.73 Å². The van der Waals surface area contributed by atoms with Crippen molar-refractivity contribution in [2.24, 2.45) is 11.7 Å². The predicted molar refractivity (Wildman–Crippen MR) is 382 cm³/mol. The molecule has 24 N–H and O–H groups in total. The number of aromatic amines is 2. The Bertz CT molecular complexity index is 3510. The number of nitrogens with two attached hydrogens (primary N) is 1. The Balaban J connectivity index is 1.66. The van der Waals surface area contributed by atoms with Crippen molar-refractivity contribution in [2.75, 3.05) is 43.4 Å². The van der Waals surface area contributed by atoms with Crippen LogP contribution in [0.25, 0.3) is 0 Å². The van der Waals surface area contributed by atoms with Gasteiger partial charge in [0, 0.05) is 60.3 Å². The SMILES string of the molecule is CC(C)C[C@H](NC(=O)CNC(=O)[C@H](CC(=O)O)NC(=O)[C@H](C)NC(=O)[C@H](CS)NC(=O)[C@@H]1CCCN1)C(=O)N[C@@H](CC(N)=O)C(=O)NCC(=O)NCC(=O)N[C@@H](CS)C(=O)N[C@@H](Cc1cnc[nH]1)C(=O)N[C@@H](CCC(=O)O)C(=O)N[C@@H](Cc1cnc[nH]1)C(=O)N[C@@H](C)C(=O)N[C@H](C(=O)N[C@@H](CS)C(=O)O)[C@@H](C)O. The molecule has 1 aliphatic heterocycles. The van der Waals surface area contributed by atoms with Crippen molar-refractivity contribution in [3.8, 4) is 0 Å². The fraction of sp³-hybridized carbons (Fsp3) is 0.590. The molecular weight excluding hydrogens is 1490 g/mol. The minimum absolute atomic E-state index is 0.125. The molecule has 47 heteroatoms. The molecule has 0 aliphatic carbocycles. The number of thiol groups is 3. The van der Waals surface area contributed by atoms with Crippen molar-refractivity contribution in [3.63, 3.8) is 0 Å². The summed E-state index contributed by atoms with van der Waals surface area (Å²) >= 11 is 12.1. The van der Waals surface area contributed by atoms with Crippen LogP contribution in [0.2, 0.25) is 0 Å². The van der Waals surface area contributed by atoms with Crippen LogP contribution in [-0.4, -0.2) is 281 Å². The Labute approximate surface area is 632 Å². The van der Waals surface area contributed by atoms with E-state index in [1.54, 1.807) is 13.8 Å².